The normalized spacial score (nSPS) is 20.4. The van der Waals surface area contributed by atoms with E-state index in [1.165, 1.54) is 22.9 Å². The van der Waals surface area contributed by atoms with Gasteiger partial charge in [0.15, 0.2) is 0 Å². The van der Waals surface area contributed by atoms with Gasteiger partial charge in [0.05, 0.1) is 17.0 Å². The summed E-state index contributed by atoms with van der Waals surface area (Å²) in [6.07, 6.45) is 4.76. The molecule has 0 aliphatic heterocycles. The van der Waals surface area contributed by atoms with Crippen molar-refractivity contribution >= 4 is 17.6 Å². The van der Waals surface area contributed by atoms with Crippen LogP contribution in [0.1, 0.15) is 23.8 Å². The molecule has 1 aromatic rings. The molecule has 1 aromatic heterocycles. The average molecular weight is 293 g/mol. The number of aliphatic carboxylic acids is 1. The van der Waals surface area contributed by atoms with Crippen LogP contribution in [0, 0.1) is 16.0 Å². The molecule has 112 valence electrons. The lowest BCUT2D eigenvalue weighted by atomic mass is 10.1. The van der Waals surface area contributed by atoms with Crippen LogP contribution >= 0.6 is 0 Å². The molecule has 0 radical (unpaired) electrons. The molecule has 2 rings (SSSR count). The molecule has 0 fully saturated rings. The number of carbonyl (C=O) groups is 2. The average Bonchev–Trinajstić information content (AvgIpc) is 3.04. The summed E-state index contributed by atoms with van der Waals surface area (Å²) in [6.45, 7) is 2.20. The highest BCUT2D eigenvalue weighted by molar-refractivity contribution is 5.94. The van der Waals surface area contributed by atoms with Crippen molar-refractivity contribution in [2.24, 2.45) is 5.92 Å². The van der Waals surface area contributed by atoms with Gasteiger partial charge < -0.3 is 15.0 Å². The highest BCUT2D eigenvalue weighted by Gasteiger charge is 2.27. The molecule has 1 amide bonds. The number of carboxylic acids is 1. The third kappa shape index (κ3) is 3.10. The van der Waals surface area contributed by atoms with E-state index in [-0.39, 0.29) is 23.8 Å². The quantitative estimate of drug-likeness (QED) is 0.480. The van der Waals surface area contributed by atoms with Crippen molar-refractivity contribution in [3.63, 3.8) is 0 Å². The second-order valence-electron chi connectivity index (χ2n) is 4.77. The van der Waals surface area contributed by atoms with Crippen molar-refractivity contribution in [3.05, 3.63) is 40.2 Å². The minimum Gasteiger partial charge on any atom is -0.481 e. The Bertz CT molecular complexity index is 619. The lowest BCUT2D eigenvalue weighted by Crippen LogP contribution is -2.34. The number of nitro groups is 1. The van der Waals surface area contributed by atoms with Crippen LogP contribution in [-0.4, -0.2) is 32.5 Å². The maximum atomic E-state index is 12.2. The summed E-state index contributed by atoms with van der Waals surface area (Å²) in [7, 11) is 0. The number of aromatic nitrogens is 1. The van der Waals surface area contributed by atoms with Crippen molar-refractivity contribution < 1.29 is 19.6 Å². The van der Waals surface area contributed by atoms with E-state index in [0.29, 0.717) is 6.54 Å². The van der Waals surface area contributed by atoms with Crippen LogP contribution < -0.4 is 5.32 Å². The Kier molecular flexibility index (Phi) is 4.06. The smallest absolute Gasteiger partial charge is 0.310 e. The number of nitrogens with zero attached hydrogens (tertiary/aromatic N) is 2. The molecular formula is C13H15N3O5. The van der Waals surface area contributed by atoms with Crippen molar-refractivity contribution in [2.45, 2.75) is 25.9 Å². The molecular weight excluding hydrogens is 278 g/mol. The topological polar surface area (TPSA) is 114 Å². The number of carboxylic acid groups (broad SMARTS) is 1. The summed E-state index contributed by atoms with van der Waals surface area (Å²) in [5, 5.41) is 22.3. The minimum atomic E-state index is -0.935. The first-order chi connectivity index (χ1) is 9.92. The number of hydrogen-bond donors (Lipinski definition) is 2. The van der Waals surface area contributed by atoms with E-state index >= 15 is 0 Å². The van der Waals surface area contributed by atoms with Crippen molar-refractivity contribution in [3.8, 4) is 0 Å². The van der Waals surface area contributed by atoms with Gasteiger partial charge in [-0.25, -0.2) is 0 Å². The summed E-state index contributed by atoms with van der Waals surface area (Å²) in [5.74, 6) is -2.00. The van der Waals surface area contributed by atoms with E-state index in [1.807, 2.05) is 0 Å². The third-order valence-corrected chi connectivity index (χ3v) is 3.38. The van der Waals surface area contributed by atoms with Crippen LogP contribution in [0.25, 0.3) is 0 Å². The van der Waals surface area contributed by atoms with Crippen molar-refractivity contribution in [2.75, 3.05) is 0 Å². The van der Waals surface area contributed by atoms with Gasteiger partial charge in [0.1, 0.15) is 5.69 Å². The lowest BCUT2D eigenvalue weighted by molar-refractivity contribution is -0.384. The molecule has 0 saturated carbocycles. The van der Waals surface area contributed by atoms with Gasteiger partial charge in [-0.1, -0.05) is 12.2 Å². The molecule has 1 aliphatic rings. The molecule has 2 N–H and O–H groups in total. The summed E-state index contributed by atoms with van der Waals surface area (Å²) in [4.78, 5) is 33.2. The van der Waals surface area contributed by atoms with Crippen LogP contribution in [0.2, 0.25) is 0 Å². The molecule has 0 bridgehead atoms. The molecule has 0 aromatic carbocycles. The summed E-state index contributed by atoms with van der Waals surface area (Å²) >= 11 is 0. The van der Waals surface area contributed by atoms with E-state index in [0.717, 1.165) is 0 Å². The van der Waals surface area contributed by atoms with E-state index in [9.17, 15) is 19.7 Å². The lowest BCUT2D eigenvalue weighted by Gasteiger charge is -2.12. The van der Waals surface area contributed by atoms with Crippen LogP contribution in [0.5, 0.6) is 0 Å². The molecule has 1 heterocycles. The van der Waals surface area contributed by atoms with E-state index in [4.69, 9.17) is 5.11 Å². The van der Waals surface area contributed by atoms with E-state index in [2.05, 4.69) is 5.32 Å². The van der Waals surface area contributed by atoms with E-state index in [1.54, 1.807) is 13.0 Å². The fraction of sp³-hybridized carbons (Fsp3) is 0.385. The Hall–Kier alpha value is -2.64. The van der Waals surface area contributed by atoms with Gasteiger partial charge in [0, 0.05) is 18.7 Å². The Morgan fingerprint density at radius 3 is 2.76 bits per heavy atom. The standard InChI is InChI=1S/C13H15N3O5/c1-2-15-7-10(16(20)21)6-11(15)12(17)14-9-4-3-8(5-9)13(18)19/h3-4,6-9H,2,5H2,1H3,(H,14,17)(H,18,19). The van der Waals surface area contributed by atoms with Gasteiger partial charge in [0.25, 0.3) is 11.6 Å². The Labute approximate surface area is 120 Å². The number of nitrogens with one attached hydrogen (secondary N) is 1. The van der Waals surface area contributed by atoms with Crippen LogP contribution in [0.15, 0.2) is 24.4 Å². The largest absolute Gasteiger partial charge is 0.481 e. The first-order valence-electron chi connectivity index (χ1n) is 6.49. The number of hydrogen-bond acceptors (Lipinski definition) is 4. The number of aryl methyl sites for hydroxylation is 1. The SMILES string of the molecule is CCn1cc([N+](=O)[O-])cc1C(=O)NC1C=CC(C(=O)O)C1. The summed E-state index contributed by atoms with van der Waals surface area (Å²) in [6, 6.07) is 0.837. The molecule has 8 heteroatoms. The second-order valence-corrected chi connectivity index (χ2v) is 4.77. The monoisotopic (exact) mass is 293 g/mol. The zero-order valence-electron chi connectivity index (χ0n) is 11.4. The fourth-order valence-corrected chi connectivity index (χ4v) is 2.28. The third-order valence-electron chi connectivity index (χ3n) is 3.38. The second kappa shape index (κ2) is 5.78. The first-order valence-corrected chi connectivity index (χ1v) is 6.49. The Balaban J connectivity index is 2.09. The van der Waals surface area contributed by atoms with Gasteiger partial charge in [-0.15, -0.1) is 0 Å². The predicted molar refractivity (Wildman–Crippen MR) is 72.9 cm³/mol. The highest BCUT2D eigenvalue weighted by Crippen LogP contribution is 2.20. The predicted octanol–water partition coefficient (Wildman–Crippen LogP) is 1.18. The number of carbonyl (C=O) groups excluding carboxylic acids is 1. The van der Waals surface area contributed by atoms with Crippen LogP contribution in [0.4, 0.5) is 5.69 Å². The Morgan fingerprint density at radius 1 is 1.52 bits per heavy atom. The number of rotatable bonds is 5. The molecule has 21 heavy (non-hydrogen) atoms. The van der Waals surface area contributed by atoms with Gasteiger partial charge in [-0.2, -0.15) is 0 Å². The van der Waals surface area contributed by atoms with Gasteiger partial charge in [0.2, 0.25) is 0 Å². The molecule has 2 unspecified atom stereocenters. The van der Waals surface area contributed by atoms with Crippen LogP contribution in [-0.2, 0) is 11.3 Å². The maximum Gasteiger partial charge on any atom is 0.310 e. The zero-order valence-corrected chi connectivity index (χ0v) is 11.4. The highest BCUT2D eigenvalue weighted by atomic mass is 16.6. The van der Waals surface area contributed by atoms with E-state index < -0.39 is 22.7 Å². The summed E-state index contributed by atoms with van der Waals surface area (Å²) in [5.41, 5.74) is 0.0451. The van der Waals surface area contributed by atoms with Gasteiger partial charge >= 0.3 is 5.97 Å². The first kappa shape index (κ1) is 14.8. The summed E-state index contributed by atoms with van der Waals surface area (Å²) < 4.78 is 1.49. The maximum absolute atomic E-state index is 12.2. The zero-order chi connectivity index (χ0) is 15.6. The fourth-order valence-electron chi connectivity index (χ4n) is 2.28. The molecule has 0 spiro atoms. The molecule has 0 saturated heterocycles. The Morgan fingerprint density at radius 2 is 2.24 bits per heavy atom. The van der Waals surface area contributed by atoms with Crippen molar-refractivity contribution in [1.29, 1.82) is 0 Å². The van der Waals surface area contributed by atoms with Gasteiger partial charge in [-0.3, -0.25) is 19.7 Å². The van der Waals surface area contributed by atoms with Gasteiger partial charge in [-0.05, 0) is 13.3 Å². The molecule has 1 aliphatic carbocycles. The van der Waals surface area contributed by atoms with Crippen LogP contribution in [0.3, 0.4) is 0 Å². The minimum absolute atomic E-state index is 0.146. The number of amides is 1. The van der Waals surface area contributed by atoms with Crippen molar-refractivity contribution in [1.82, 2.24) is 9.88 Å². The molecule has 2 atom stereocenters. The molecule has 8 nitrogen and oxygen atoms in total.